The van der Waals surface area contributed by atoms with Gasteiger partial charge in [0, 0.05) is 30.6 Å². The van der Waals surface area contributed by atoms with Crippen molar-refractivity contribution >= 4 is 39.1 Å². The number of fused-ring (bicyclic) bond motifs is 1. The molecule has 4 heteroatoms. The molecule has 1 aromatic heterocycles. The molecule has 5 aromatic rings. The zero-order valence-electron chi connectivity index (χ0n) is 19.5. The van der Waals surface area contributed by atoms with Crippen molar-refractivity contribution < 1.29 is 0 Å². The predicted molar refractivity (Wildman–Crippen MR) is 147 cm³/mol. The van der Waals surface area contributed by atoms with E-state index in [1.54, 1.807) is 11.3 Å². The number of hydrogen-bond donors (Lipinski definition) is 0. The minimum atomic E-state index is 0.908. The second-order valence-electron chi connectivity index (χ2n) is 8.39. The Morgan fingerprint density at radius 2 is 1.65 bits per heavy atom. The van der Waals surface area contributed by atoms with Crippen LogP contribution in [0.3, 0.4) is 0 Å². The van der Waals surface area contributed by atoms with Crippen LogP contribution in [0.4, 0.5) is 11.4 Å². The third kappa shape index (κ3) is 5.08. The lowest BCUT2D eigenvalue weighted by Crippen LogP contribution is -2.21. The molecule has 34 heavy (non-hydrogen) atoms. The lowest BCUT2D eigenvalue weighted by Gasteiger charge is -2.23. The SMILES string of the molecule is CCN(Cc1ccccc1)c1ccc(C=Nc2ccc(-c3nc4ccc(C)cc4s3)cc2)cc1. The van der Waals surface area contributed by atoms with Crippen molar-refractivity contribution in [2.75, 3.05) is 11.4 Å². The van der Waals surface area contributed by atoms with Crippen LogP contribution >= 0.6 is 11.3 Å². The van der Waals surface area contributed by atoms with Gasteiger partial charge in [-0.1, -0.05) is 48.5 Å². The normalized spacial score (nSPS) is 11.4. The standard InChI is InChI=1S/C30H27N3S/c1-3-33(21-24-7-5-4-6-8-24)27-16-10-23(11-17-27)20-31-26-14-12-25(13-15-26)30-32-28-18-9-22(2)19-29(28)34-30/h4-20H,3,21H2,1-2H3. The molecule has 0 unspecified atom stereocenters. The Kier molecular flexibility index (Phi) is 6.50. The van der Waals surface area contributed by atoms with Gasteiger partial charge in [0.05, 0.1) is 15.9 Å². The average molecular weight is 462 g/mol. The van der Waals surface area contributed by atoms with Crippen molar-refractivity contribution in [1.82, 2.24) is 4.98 Å². The summed E-state index contributed by atoms with van der Waals surface area (Å²) in [6.45, 7) is 6.18. The summed E-state index contributed by atoms with van der Waals surface area (Å²) in [6, 6.07) is 33.9. The summed E-state index contributed by atoms with van der Waals surface area (Å²) < 4.78 is 1.23. The number of nitrogens with zero attached hydrogens (tertiary/aromatic N) is 3. The van der Waals surface area contributed by atoms with Gasteiger partial charge >= 0.3 is 0 Å². The van der Waals surface area contributed by atoms with Gasteiger partial charge in [0.1, 0.15) is 5.01 Å². The van der Waals surface area contributed by atoms with E-state index in [0.29, 0.717) is 0 Å². The van der Waals surface area contributed by atoms with E-state index in [1.807, 2.05) is 6.21 Å². The summed E-state index contributed by atoms with van der Waals surface area (Å²) >= 11 is 1.73. The third-order valence-electron chi connectivity index (χ3n) is 5.88. The van der Waals surface area contributed by atoms with Gasteiger partial charge in [-0.3, -0.25) is 4.99 Å². The maximum absolute atomic E-state index is 4.78. The lowest BCUT2D eigenvalue weighted by atomic mass is 10.1. The fourth-order valence-electron chi connectivity index (χ4n) is 3.96. The second-order valence-corrected chi connectivity index (χ2v) is 9.42. The van der Waals surface area contributed by atoms with Crippen molar-refractivity contribution in [3.63, 3.8) is 0 Å². The van der Waals surface area contributed by atoms with Crippen LogP contribution in [-0.4, -0.2) is 17.7 Å². The van der Waals surface area contributed by atoms with Gasteiger partial charge in [-0.2, -0.15) is 0 Å². The fourth-order valence-corrected chi connectivity index (χ4v) is 5.02. The molecule has 168 valence electrons. The highest BCUT2D eigenvalue weighted by Crippen LogP contribution is 2.31. The van der Waals surface area contributed by atoms with Crippen molar-refractivity contribution in [2.45, 2.75) is 20.4 Å². The Morgan fingerprint density at radius 1 is 0.882 bits per heavy atom. The molecule has 0 saturated carbocycles. The molecule has 4 aromatic carbocycles. The molecule has 0 aliphatic rings. The van der Waals surface area contributed by atoms with Crippen LogP contribution in [0.1, 0.15) is 23.6 Å². The van der Waals surface area contributed by atoms with Crippen molar-refractivity contribution in [3.8, 4) is 10.6 Å². The first-order valence-corrected chi connectivity index (χ1v) is 12.4. The van der Waals surface area contributed by atoms with Crippen molar-refractivity contribution in [2.24, 2.45) is 4.99 Å². The van der Waals surface area contributed by atoms with Crippen LogP contribution in [0.15, 0.2) is 102 Å². The fraction of sp³-hybridized carbons (Fsp3) is 0.133. The van der Waals surface area contributed by atoms with Gasteiger partial charge in [0.15, 0.2) is 0 Å². The molecule has 0 aliphatic carbocycles. The minimum Gasteiger partial charge on any atom is -0.367 e. The quantitative estimate of drug-likeness (QED) is 0.229. The third-order valence-corrected chi connectivity index (χ3v) is 6.94. The average Bonchev–Trinajstić information content (AvgIpc) is 3.30. The Bertz CT molecular complexity index is 1400. The maximum atomic E-state index is 4.78. The molecule has 0 spiro atoms. The zero-order chi connectivity index (χ0) is 23.3. The van der Waals surface area contributed by atoms with E-state index in [2.05, 4.69) is 121 Å². The van der Waals surface area contributed by atoms with Crippen molar-refractivity contribution in [1.29, 1.82) is 0 Å². The zero-order valence-corrected chi connectivity index (χ0v) is 20.3. The van der Waals surface area contributed by atoms with Crippen LogP contribution in [0.25, 0.3) is 20.8 Å². The summed E-state index contributed by atoms with van der Waals surface area (Å²) in [5.74, 6) is 0. The maximum Gasteiger partial charge on any atom is 0.124 e. The molecule has 0 aliphatic heterocycles. The molecule has 0 fully saturated rings. The van der Waals surface area contributed by atoms with Gasteiger partial charge in [-0.25, -0.2) is 4.98 Å². The van der Waals surface area contributed by atoms with E-state index >= 15 is 0 Å². The van der Waals surface area contributed by atoms with Crippen molar-refractivity contribution in [3.05, 3.63) is 114 Å². The number of benzene rings is 4. The first-order valence-electron chi connectivity index (χ1n) is 11.6. The van der Waals surface area contributed by atoms with Gasteiger partial charge in [0.2, 0.25) is 0 Å². The Balaban J connectivity index is 1.26. The van der Waals surface area contributed by atoms with E-state index in [4.69, 9.17) is 4.98 Å². The van der Waals surface area contributed by atoms with Crippen LogP contribution < -0.4 is 4.90 Å². The van der Waals surface area contributed by atoms with Crippen LogP contribution in [0, 0.1) is 6.92 Å². The largest absolute Gasteiger partial charge is 0.367 e. The molecule has 0 saturated heterocycles. The minimum absolute atomic E-state index is 0.908. The highest BCUT2D eigenvalue weighted by molar-refractivity contribution is 7.21. The highest BCUT2D eigenvalue weighted by Gasteiger charge is 2.07. The summed E-state index contributed by atoms with van der Waals surface area (Å²) in [7, 11) is 0. The molecule has 1 heterocycles. The van der Waals surface area contributed by atoms with Gasteiger partial charge in [-0.05, 0) is 79.1 Å². The molecule has 0 amide bonds. The Morgan fingerprint density at radius 3 is 2.38 bits per heavy atom. The second kappa shape index (κ2) is 10.0. The van der Waals surface area contributed by atoms with Crippen LogP contribution in [0.2, 0.25) is 0 Å². The smallest absolute Gasteiger partial charge is 0.124 e. The van der Waals surface area contributed by atoms with E-state index in [1.165, 1.54) is 21.5 Å². The summed E-state index contributed by atoms with van der Waals surface area (Å²) in [4.78, 5) is 11.8. The van der Waals surface area contributed by atoms with Gasteiger partial charge < -0.3 is 4.90 Å². The van der Waals surface area contributed by atoms with E-state index in [-0.39, 0.29) is 0 Å². The number of aryl methyl sites for hydroxylation is 1. The molecule has 0 atom stereocenters. The van der Waals surface area contributed by atoms with Crippen LogP contribution in [0.5, 0.6) is 0 Å². The van der Waals surface area contributed by atoms with Gasteiger partial charge in [0.25, 0.3) is 0 Å². The predicted octanol–water partition coefficient (Wildman–Crippen LogP) is 8.05. The highest BCUT2D eigenvalue weighted by atomic mass is 32.1. The topological polar surface area (TPSA) is 28.5 Å². The number of thiazole rings is 1. The molecule has 3 nitrogen and oxygen atoms in total. The monoisotopic (exact) mass is 461 g/mol. The molecule has 0 bridgehead atoms. The summed E-state index contributed by atoms with van der Waals surface area (Å²) in [5.41, 5.74) is 8.01. The van der Waals surface area contributed by atoms with E-state index < -0.39 is 0 Å². The number of aromatic nitrogens is 1. The van der Waals surface area contributed by atoms with Gasteiger partial charge in [-0.15, -0.1) is 11.3 Å². The lowest BCUT2D eigenvalue weighted by molar-refractivity contribution is 0.832. The summed E-state index contributed by atoms with van der Waals surface area (Å²) in [5, 5.41) is 1.04. The first kappa shape index (κ1) is 22.1. The first-order chi connectivity index (χ1) is 16.7. The number of rotatable bonds is 7. The Labute approximate surface area is 205 Å². The van der Waals surface area contributed by atoms with E-state index in [9.17, 15) is 0 Å². The van der Waals surface area contributed by atoms with E-state index in [0.717, 1.165) is 40.4 Å². The molecule has 0 N–H and O–H groups in total. The molecule has 0 radical (unpaired) electrons. The Hall–Kier alpha value is -3.76. The number of aliphatic imine (C=N–C) groups is 1. The molecule has 5 rings (SSSR count). The van der Waals surface area contributed by atoms with Crippen LogP contribution in [-0.2, 0) is 6.54 Å². The molecular weight excluding hydrogens is 434 g/mol. The summed E-state index contributed by atoms with van der Waals surface area (Å²) in [6.07, 6.45) is 1.92. The number of hydrogen-bond acceptors (Lipinski definition) is 4. The molecular formula is C30H27N3S. The number of anilines is 1.